The summed E-state index contributed by atoms with van der Waals surface area (Å²) in [6.45, 7) is 12.2. The Morgan fingerprint density at radius 1 is 0.286 bits per heavy atom. The van der Waals surface area contributed by atoms with Gasteiger partial charge in [0, 0.05) is 12.8 Å². The Balaban J connectivity index is 2.53. The number of amides is 11. The van der Waals surface area contributed by atoms with Gasteiger partial charge in [-0.1, -0.05) is 109 Å². The molecule has 0 heterocycles. The molecule has 0 aliphatic rings. The summed E-state index contributed by atoms with van der Waals surface area (Å²) < 4.78 is 0. The highest BCUT2D eigenvalue weighted by molar-refractivity contribution is 5.99. The molecule has 0 aromatic heterocycles. The lowest BCUT2D eigenvalue weighted by atomic mass is 9.98. The molecule has 0 radical (unpaired) electrons. The predicted molar refractivity (Wildman–Crippen MR) is 379 cm³/mol. The quantitative estimate of drug-likeness (QED) is 0.0349. The van der Waals surface area contributed by atoms with Gasteiger partial charge < -0.3 is 99.0 Å². The van der Waals surface area contributed by atoms with Gasteiger partial charge in [-0.2, -0.15) is 0 Å². The van der Waals surface area contributed by atoms with Gasteiger partial charge in [-0.25, -0.2) is 0 Å². The first-order valence-corrected chi connectivity index (χ1v) is 35.1. The SMILES string of the molecule is CC(C)[C@H](NC(=O)[C@@H](NC(=O)[C@@H](CCCCN)NC(=O)[C@H](N)CCCCN)C(C)C)C(=O)N[C@@H](Cc1ccccc1)C(=O)N[C@H](CCCCN)C(=O)N[C@H](C(=O)N[C@@H](CCCCN)C(=O)N[C@@H](Cc1ccccc1)C(=O)N[C@H](CCCCN)C(=O)N[C@H](CCCCN)C(N)=O)C(C)C. The van der Waals surface area contributed by atoms with Crippen molar-refractivity contribution in [2.75, 3.05) is 39.3 Å². The van der Waals surface area contributed by atoms with Gasteiger partial charge in [-0.15, -0.1) is 0 Å². The lowest BCUT2D eigenvalue weighted by Gasteiger charge is -2.30. The molecule has 2 rings (SSSR count). The number of rotatable bonds is 52. The number of primary amides is 1. The summed E-state index contributed by atoms with van der Waals surface area (Å²) in [4.78, 5) is 156. The maximum absolute atomic E-state index is 14.8. The van der Waals surface area contributed by atoms with E-state index in [0.29, 0.717) is 121 Å². The summed E-state index contributed by atoms with van der Waals surface area (Å²) in [5, 5.41) is 27.9. The molecule has 0 saturated carbocycles. The van der Waals surface area contributed by atoms with Gasteiger partial charge in [0.25, 0.3) is 0 Å². The van der Waals surface area contributed by atoms with E-state index >= 15 is 0 Å². The van der Waals surface area contributed by atoms with Crippen LogP contribution in [0.5, 0.6) is 0 Å². The average molecular weight is 1380 g/mol. The molecular weight excluding hydrogens is 1260 g/mol. The second kappa shape index (κ2) is 48.9. The fraction of sp³-hybridized carbons (Fsp3) is 0.667. The van der Waals surface area contributed by atoms with Crippen LogP contribution in [0.4, 0.5) is 0 Å². The Bertz CT molecular complexity index is 2730. The molecule has 26 N–H and O–H groups in total. The molecule has 0 unspecified atom stereocenters. The standard InChI is InChI=1S/C69H120N18O11/c1-43(2)56(67(96)82-51(32-16-22-38-73)62(91)83-54(41-46-25-9-7-10-26-46)65(94)80-50(31-15-21-37-72)61(90)78-49(59(77)88)30-14-20-36-71)85-64(93)53(34-18-24-40-75)81-66(95)55(42-47-27-11-8-12-28-47)84-68(97)57(44(3)4)87-69(98)58(45(5)6)86-63(92)52(33-17-23-39-74)79-60(89)48(76)29-13-19-35-70/h7-12,25-28,43-45,48-58H,13-24,29-42,70-76H2,1-6H3,(H2,77,88)(H,78,90)(H,79,89)(H,80,94)(H,81,95)(H,82,96)(H,83,91)(H,84,97)(H,85,93)(H,86,92)(H,87,98)/t48-,49-,50-,51+,52-,53-,54+,55+,56+,57+,58+/m1/s1. The van der Waals surface area contributed by atoms with Gasteiger partial charge >= 0.3 is 0 Å². The fourth-order valence-electron chi connectivity index (χ4n) is 10.8. The van der Waals surface area contributed by atoms with E-state index in [9.17, 15) is 52.7 Å². The van der Waals surface area contributed by atoms with E-state index in [2.05, 4.69) is 53.2 Å². The van der Waals surface area contributed by atoms with Crippen molar-refractivity contribution in [3.63, 3.8) is 0 Å². The third-order valence-corrected chi connectivity index (χ3v) is 16.8. The fourth-order valence-corrected chi connectivity index (χ4v) is 10.8. The van der Waals surface area contributed by atoms with Crippen LogP contribution in [0.15, 0.2) is 60.7 Å². The first-order chi connectivity index (χ1) is 46.8. The number of hydrogen-bond donors (Lipinski definition) is 18. The van der Waals surface area contributed by atoms with Crippen LogP contribution in [0.2, 0.25) is 0 Å². The van der Waals surface area contributed by atoms with Gasteiger partial charge in [-0.3, -0.25) is 52.7 Å². The number of benzene rings is 2. The monoisotopic (exact) mass is 1380 g/mol. The summed E-state index contributed by atoms with van der Waals surface area (Å²) in [7, 11) is 0. The predicted octanol–water partition coefficient (Wildman–Crippen LogP) is -1.13. The Labute approximate surface area is 579 Å². The molecule has 0 fully saturated rings. The molecule has 0 spiro atoms. The van der Waals surface area contributed by atoms with Crippen LogP contribution < -0.4 is 99.0 Å². The first kappa shape index (κ1) is 86.4. The highest BCUT2D eigenvalue weighted by atomic mass is 16.2. The number of nitrogens with two attached hydrogens (primary N) is 8. The van der Waals surface area contributed by atoms with Crippen molar-refractivity contribution < 1.29 is 52.7 Å². The van der Waals surface area contributed by atoms with Crippen LogP contribution in [0.1, 0.15) is 168 Å². The second-order valence-electron chi connectivity index (χ2n) is 26.2. The van der Waals surface area contributed by atoms with Crippen LogP contribution >= 0.6 is 0 Å². The third-order valence-electron chi connectivity index (χ3n) is 16.8. The molecular formula is C69H120N18O11. The van der Waals surface area contributed by atoms with Gasteiger partial charge in [-0.05, 0) is 177 Å². The largest absolute Gasteiger partial charge is 0.368 e. The van der Waals surface area contributed by atoms with Crippen molar-refractivity contribution in [3.05, 3.63) is 71.8 Å². The van der Waals surface area contributed by atoms with Crippen LogP contribution in [0.25, 0.3) is 0 Å². The van der Waals surface area contributed by atoms with Crippen molar-refractivity contribution in [2.45, 2.75) is 236 Å². The number of hydrogen-bond acceptors (Lipinski definition) is 18. The molecule has 0 aliphatic carbocycles. The lowest BCUT2D eigenvalue weighted by Crippen LogP contribution is -2.62. The minimum Gasteiger partial charge on any atom is -0.368 e. The van der Waals surface area contributed by atoms with E-state index in [0.717, 1.165) is 0 Å². The highest BCUT2D eigenvalue weighted by Crippen LogP contribution is 2.16. The van der Waals surface area contributed by atoms with E-state index in [4.69, 9.17) is 45.9 Å². The molecule has 2 aromatic rings. The summed E-state index contributed by atoms with van der Waals surface area (Å²) >= 11 is 0. The number of nitrogens with one attached hydrogen (secondary N) is 10. The van der Waals surface area contributed by atoms with Crippen molar-refractivity contribution in [2.24, 2.45) is 63.6 Å². The molecule has 98 heavy (non-hydrogen) atoms. The molecule has 552 valence electrons. The second-order valence-corrected chi connectivity index (χ2v) is 26.2. The Morgan fingerprint density at radius 3 is 0.816 bits per heavy atom. The topological polar surface area (TPSA) is 516 Å². The third kappa shape index (κ3) is 33.3. The van der Waals surface area contributed by atoms with E-state index in [1.54, 1.807) is 102 Å². The van der Waals surface area contributed by atoms with E-state index in [-0.39, 0.29) is 58.0 Å². The average Bonchev–Trinajstić information content (AvgIpc) is 0.866. The summed E-state index contributed by atoms with van der Waals surface area (Å²) in [6.07, 6.45) is 6.95. The molecule has 0 saturated heterocycles. The number of carbonyl (C=O) groups is 11. The Kier molecular flexibility index (Phi) is 43.2. The van der Waals surface area contributed by atoms with E-state index in [1.807, 2.05) is 0 Å². The summed E-state index contributed by atoms with van der Waals surface area (Å²) in [6, 6.07) is 4.48. The number of unbranched alkanes of at least 4 members (excludes halogenated alkanes) is 6. The zero-order valence-corrected chi connectivity index (χ0v) is 58.9. The smallest absolute Gasteiger partial charge is 0.243 e. The zero-order valence-electron chi connectivity index (χ0n) is 58.9. The van der Waals surface area contributed by atoms with Gasteiger partial charge in [0.05, 0.1) is 6.04 Å². The highest BCUT2D eigenvalue weighted by Gasteiger charge is 2.38. The normalized spacial score (nSPS) is 14.7. The molecule has 29 nitrogen and oxygen atoms in total. The Hall–Kier alpha value is -7.67. The van der Waals surface area contributed by atoms with Crippen LogP contribution in [0, 0.1) is 17.8 Å². The van der Waals surface area contributed by atoms with Crippen molar-refractivity contribution in [3.8, 4) is 0 Å². The van der Waals surface area contributed by atoms with E-state index < -0.39 is 149 Å². The Morgan fingerprint density at radius 2 is 0.510 bits per heavy atom. The summed E-state index contributed by atoms with van der Waals surface area (Å²) in [5.74, 6) is -9.51. The van der Waals surface area contributed by atoms with Gasteiger partial charge in [0.1, 0.15) is 60.4 Å². The number of carbonyl (C=O) groups excluding carboxylic acids is 11. The van der Waals surface area contributed by atoms with Crippen LogP contribution in [0.3, 0.4) is 0 Å². The van der Waals surface area contributed by atoms with Crippen molar-refractivity contribution >= 4 is 65.0 Å². The lowest BCUT2D eigenvalue weighted by molar-refractivity contribution is -0.137. The van der Waals surface area contributed by atoms with Crippen molar-refractivity contribution in [1.29, 1.82) is 0 Å². The van der Waals surface area contributed by atoms with Crippen LogP contribution in [-0.4, -0.2) is 171 Å². The molecule has 2 aromatic carbocycles. The molecule has 11 atom stereocenters. The molecule has 0 bridgehead atoms. The van der Waals surface area contributed by atoms with Gasteiger partial charge in [0.15, 0.2) is 0 Å². The minimum absolute atomic E-state index is 0.0383. The van der Waals surface area contributed by atoms with Crippen molar-refractivity contribution in [1.82, 2.24) is 53.2 Å². The van der Waals surface area contributed by atoms with E-state index in [1.165, 1.54) is 0 Å². The first-order valence-electron chi connectivity index (χ1n) is 35.1. The maximum Gasteiger partial charge on any atom is 0.243 e. The molecule has 29 heteroatoms. The molecule has 11 amide bonds. The van der Waals surface area contributed by atoms with Crippen LogP contribution in [-0.2, 0) is 65.6 Å². The maximum atomic E-state index is 14.8. The molecule has 0 aliphatic heterocycles. The summed E-state index contributed by atoms with van der Waals surface area (Å²) in [5.41, 5.74) is 47.7. The minimum atomic E-state index is -1.34. The zero-order chi connectivity index (χ0) is 73.1. The van der Waals surface area contributed by atoms with Gasteiger partial charge in [0.2, 0.25) is 65.0 Å².